The molecular weight excluding hydrogens is 350 g/mol. The zero-order valence-electron chi connectivity index (χ0n) is 14.2. The Labute approximate surface area is 157 Å². The Morgan fingerprint density at radius 3 is 2.35 bits per heavy atom. The molecule has 0 radical (unpaired) electrons. The first-order valence-electron chi connectivity index (χ1n) is 8.12. The molecule has 132 valence electrons. The largest absolute Gasteiger partial charge is 0.483 e. The number of ether oxygens (including phenoxy) is 2. The highest BCUT2D eigenvalue weighted by molar-refractivity contribution is 6.30. The summed E-state index contributed by atoms with van der Waals surface area (Å²) in [5.41, 5.74) is 1.56. The van der Waals surface area contributed by atoms with Crippen LogP contribution in [0.5, 0.6) is 17.2 Å². The number of nitrogens with one attached hydrogen (secondary N) is 1. The van der Waals surface area contributed by atoms with Crippen LogP contribution in [0, 0.1) is 6.92 Å². The minimum atomic E-state index is -0.240. The summed E-state index contributed by atoms with van der Waals surface area (Å²) in [6.07, 6.45) is 0. The molecule has 0 aliphatic carbocycles. The Bertz CT molecular complexity index is 880. The third-order valence-electron chi connectivity index (χ3n) is 3.61. The number of rotatable bonds is 6. The number of benzene rings is 3. The molecule has 4 nitrogen and oxygen atoms in total. The minimum Gasteiger partial charge on any atom is -0.483 e. The number of aryl methyl sites for hydroxylation is 1. The van der Waals surface area contributed by atoms with Gasteiger partial charge in [-0.25, -0.2) is 0 Å². The van der Waals surface area contributed by atoms with Crippen LogP contribution in [0.25, 0.3) is 0 Å². The molecule has 0 aliphatic heterocycles. The molecule has 3 aromatic rings. The molecule has 3 rings (SSSR count). The lowest BCUT2D eigenvalue weighted by molar-refractivity contribution is -0.118. The standard InChI is InChI=1S/C21H18ClNO3/c1-15-13-16(22)7-12-20(15)25-14-21(24)23-17-8-10-19(11-9-17)26-18-5-3-2-4-6-18/h2-13H,14H2,1H3,(H,23,24). The fourth-order valence-electron chi connectivity index (χ4n) is 2.35. The van der Waals surface area contributed by atoms with E-state index in [1.807, 2.05) is 37.3 Å². The van der Waals surface area contributed by atoms with Crippen molar-refractivity contribution in [3.63, 3.8) is 0 Å². The van der Waals surface area contributed by atoms with E-state index in [9.17, 15) is 4.79 Å². The molecule has 0 aromatic heterocycles. The van der Waals surface area contributed by atoms with Crippen molar-refractivity contribution < 1.29 is 14.3 Å². The predicted molar refractivity (Wildman–Crippen MR) is 103 cm³/mol. The monoisotopic (exact) mass is 367 g/mol. The quantitative estimate of drug-likeness (QED) is 0.629. The summed E-state index contributed by atoms with van der Waals surface area (Å²) in [6.45, 7) is 1.80. The second-order valence-electron chi connectivity index (χ2n) is 5.69. The van der Waals surface area contributed by atoms with Crippen molar-refractivity contribution in [2.24, 2.45) is 0 Å². The summed E-state index contributed by atoms with van der Waals surface area (Å²) in [4.78, 5) is 12.0. The van der Waals surface area contributed by atoms with Crippen LogP contribution in [0.3, 0.4) is 0 Å². The van der Waals surface area contributed by atoms with Crippen molar-refractivity contribution in [2.75, 3.05) is 11.9 Å². The first-order valence-corrected chi connectivity index (χ1v) is 8.50. The Balaban J connectivity index is 1.52. The van der Waals surface area contributed by atoms with E-state index >= 15 is 0 Å². The first kappa shape index (κ1) is 17.8. The lowest BCUT2D eigenvalue weighted by Crippen LogP contribution is -2.20. The molecule has 1 amide bonds. The molecule has 5 heteroatoms. The van der Waals surface area contributed by atoms with Gasteiger partial charge in [0.05, 0.1) is 0 Å². The van der Waals surface area contributed by atoms with E-state index in [-0.39, 0.29) is 12.5 Å². The van der Waals surface area contributed by atoms with Crippen molar-refractivity contribution in [3.8, 4) is 17.2 Å². The molecule has 0 unspecified atom stereocenters. The highest BCUT2D eigenvalue weighted by atomic mass is 35.5. The maximum Gasteiger partial charge on any atom is 0.262 e. The van der Waals surface area contributed by atoms with Crippen LogP contribution in [0.1, 0.15) is 5.56 Å². The summed E-state index contributed by atoms with van der Waals surface area (Å²) in [5.74, 6) is 1.85. The Hall–Kier alpha value is -2.98. The van der Waals surface area contributed by atoms with Crippen molar-refractivity contribution in [3.05, 3.63) is 83.4 Å². The van der Waals surface area contributed by atoms with E-state index in [4.69, 9.17) is 21.1 Å². The SMILES string of the molecule is Cc1cc(Cl)ccc1OCC(=O)Nc1ccc(Oc2ccccc2)cc1. The van der Waals surface area contributed by atoms with Crippen molar-refractivity contribution in [1.82, 2.24) is 0 Å². The number of anilines is 1. The van der Waals surface area contributed by atoms with Gasteiger partial charge in [-0.05, 0) is 67.1 Å². The van der Waals surface area contributed by atoms with Gasteiger partial charge < -0.3 is 14.8 Å². The molecule has 26 heavy (non-hydrogen) atoms. The van der Waals surface area contributed by atoms with E-state index in [2.05, 4.69) is 5.32 Å². The van der Waals surface area contributed by atoms with Gasteiger partial charge in [-0.15, -0.1) is 0 Å². The molecule has 1 N–H and O–H groups in total. The lowest BCUT2D eigenvalue weighted by Gasteiger charge is -2.10. The molecule has 0 fully saturated rings. The lowest BCUT2D eigenvalue weighted by atomic mass is 10.2. The molecule has 0 atom stereocenters. The molecule has 0 aliphatic rings. The summed E-state index contributed by atoms with van der Waals surface area (Å²) in [7, 11) is 0. The van der Waals surface area contributed by atoms with Crippen LogP contribution >= 0.6 is 11.6 Å². The third-order valence-corrected chi connectivity index (χ3v) is 3.85. The van der Waals surface area contributed by atoms with Gasteiger partial charge in [0.1, 0.15) is 17.2 Å². The molecule has 3 aromatic carbocycles. The number of amides is 1. The van der Waals surface area contributed by atoms with Gasteiger partial charge in [-0.2, -0.15) is 0 Å². The van der Waals surface area contributed by atoms with Gasteiger partial charge in [-0.1, -0.05) is 29.8 Å². The molecule has 0 spiro atoms. The van der Waals surface area contributed by atoms with E-state index < -0.39 is 0 Å². The third kappa shape index (κ3) is 5.01. The molecule has 0 saturated heterocycles. The zero-order valence-corrected chi connectivity index (χ0v) is 15.0. The highest BCUT2D eigenvalue weighted by Gasteiger charge is 2.06. The average molecular weight is 368 g/mol. The summed E-state index contributed by atoms with van der Waals surface area (Å²) >= 11 is 5.91. The fraction of sp³-hybridized carbons (Fsp3) is 0.0952. The number of halogens is 1. The van der Waals surface area contributed by atoms with Crippen LogP contribution in [0.2, 0.25) is 5.02 Å². The van der Waals surface area contributed by atoms with Crippen LogP contribution < -0.4 is 14.8 Å². The van der Waals surface area contributed by atoms with Crippen LogP contribution in [0.15, 0.2) is 72.8 Å². The zero-order chi connectivity index (χ0) is 18.4. The Morgan fingerprint density at radius 2 is 1.65 bits per heavy atom. The minimum absolute atomic E-state index is 0.0786. The summed E-state index contributed by atoms with van der Waals surface area (Å²) in [6, 6.07) is 21.9. The summed E-state index contributed by atoms with van der Waals surface area (Å²) < 4.78 is 11.3. The van der Waals surface area contributed by atoms with Crippen LogP contribution in [0.4, 0.5) is 5.69 Å². The van der Waals surface area contributed by atoms with E-state index in [0.29, 0.717) is 22.2 Å². The Morgan fingerprint density at radius 1 is 0.962 bits per heavy atom. The van der Waals surface area contributed by atoms with Crippen LogP contribution in [-0.4, -0.2) is 12.5 Å². The fourth-order valence-corrected chi connectivity index (χ4v) is 2.57. The van der Waals surface area contributed by atoms with Gasteiger partial charge in [0.25, 0.3) is 5.91 Å². The average Bonchev–Trinajstić information content (AvgIpc) is 2.63. The number of carbonyl (C=O) groups excluding carboxylic acids is 1. The van der Waals surface area contributed by atoms with E-state index in [1.54, 1.807) is 42.5 Å². The predicted octanol–water partition coefficient (Wildman–Crippen LogP) is 5.46. The first-order chi connectivity index (χ1) is 12.6. The number of carbonyl (C=O) groups is 1. The van der Waals surface area contributed by atoms with Crippen molar-refractivity contribution in [1.29, 1.82) is 0 Å². The Kier molecular flexibility index (Phi) is 5.77. The highest BCUT2D eigenvalue weighted by Crippen LogP contribution is 2.23. The van der Waals surface area contributed by atoms with Crippen molar-refractivity contribution >= 4 is 23.2 Å². The number of para-hydroxylation sites is 1. The van der Waals surface area contributed by atoms with E-state index in [1.165, 1.54) is 0 Å². The smallest absolute Gasteiger partial charge is 0.262 e. The number of hydrogen-bond acceptors (Lipinski definition) is 3. The normalized spacial score (nSPS) is 10.2. The molecule has 0 heterocycles. The second-order valence-corrected chi connectivity index (χ2v) is 6.12. The van der Waals surface area contributed by atoms with Crippen molar-refractivity contribution in [2.45, 2.75) is 6.92 Å². The van der Waals surface area contributed by atoms with Gasteiger partial charge in [-0.3, -0.25) is 4.79 Å². The van der Waals surface area contributed by atoms with Gasteiger partial charge in [0.2, 0.25) is 0 Å². The maximum atomic E-state index is 12.0. The summed E-state index contributed by atoms with van der Waals surface area (Å²) in [5, 5.41) is 3.42. The molecule has 0 saturated carbocycles. The van der Waals surface area contributed by atoms with Crippen LogP contribution in [-0.2, 0) is 4.79 Å². The second kappa shape index (κ2) is 8.41. The maximum absolute atomic E-state index is 12.0. The topological polar surface area (TPSA) is 47.6 Å². The molecule has 0 bridgehead atoms. The molecular formula is C21H18ClNO3. The number of hydrogen-bond donors (Lipinski definition) is 1. The van der Waals surface area contributed by atoms with Gasteiger partial charge in [0, 0.05) is 10.7 Å². The van der Waals surface area contributed by atoms with Gasteiger partial charge >= 0.3 is 0 Å². The van der Waals surface area contributed by atoms with E-state index in [0.717, 1.165) is 11.3 Å². The van der Waals surface area contributed by atoms with Gasteiger partial charge in [0.15, 0.2) is 6.61 Å².